The van der Waals surface area contributed by atoms with Crippen LogP contribution in [0.3, 0.4) is 0 Å². The van der Waals surface area contributed by atoms with Crippen molar-refractivity contribution < 1.29 is 4.79 Å². The van der Waals surface area contributed by atoms with Gasteiger partial charge in [-0.05, 0) is 31.4 Å². The molecule has 0 saturated heterocycles. The molecule has 2 rings (SSSR count). The molecule has 18 heavy (non-hydrogen) atoms. The van der Waals surface area contributed by atoms with Gasteiger partial charge in [0.25, 0.3) is 0 Å². The highest BCUT2D eigenvalue weighted by Gasteiger charge is 2.24. The lowest BCUT2D eigenvalue weighted by Crippen LogP contribution is -2.37. The first-order valence-corrected chi connectivity index (χ1v) is 6.40. The molecule has 5 nitrogen and oxygen atoms in total. The highest BCUT2D eigenvalue weighted by atomic mass is 16.1. The van der Waals surface area contributed by atoms with Crippen molar-refractivity contribution in [1.29, 1.82) is 0 Å². The van der Waals surface area contributed by atoms with Gasteiger partial charge in [-0.1, -0.05) is 6.42 Å². The second kappa shape index (κ2) is 5.71. The van der Waals surface area contributed by atoms with E-state index in [4.69, 9.17) is 5.73 Å². The monoisotopic (exact) mass is 248 g/mol. The molecule has 0 aromatic carbocycles. The second-order valence-electron chi connectivity index (χ2n) is 4.78. The number of nitrogens with zero attached hydrogens (tertiary/aromatic N) is 1. The smallest absolute Gasteiger partial charge is 0.223 e. The molecule has 1 aliphatic rings. The third-order valence-corrected chi connectivity index (χ3v) is 3.29. The van der Waals surface area contributed by atoms with E-state index in [0.29, 0.717) is 18.8 Å². The predicted octanol–water partition coefficient (Wildman–Crippen LogP) is 1.30. The number of pyridine rings is 1. The summed E-state index contributed by atoms with van der Waals surface area (Å²) < 4.78 is 0. The van der Waals surface area contributed by atoms with Crippen molar-refractivity contribution in [3.63, 3.8) is 0 Å². The van der Waals surface area contributed by atoms with Crippen LogP contribution in [0.4, 0.5) is 11.5 Å². The maximum atomic E-state index is 11.6. The Morgan fingerprint density at radius 3 is 2.89 bits per heavy atom. The zero-order valence-corrected chi connectivity index (χ0v) is 10.7. The normalized spacial score (nSPS) is 14.9. The Kier molecular flexibility index (Phi) is 4.02. The van der Waals surface area contributed by atoms with E-state index in [2.05, 4.69) is 15.6 Å². The quantitative estimate of drug-likeness (QED) is 0.686. The highest BCUT2D eigenvalue weighted by molar-refractivity contribution is 5.79. The van der Waals surface area contributed by atoms with E-state index in [1.165, 1.54) is 6.42 Å². The first kappa shape index (κ1) is 12.7. The standard InChI is InChI=1S/C13H20N4O/c1-9-7-11(14)8-17-12(9)15-5-6-16-13(18)10-3-2-4-10/h7-8,10H,2-6,14H2,1H3,(H,15,17)(H,16,18). The number of aromatic nitrogens is 1. The number of hydrogen-bond acceptors (Lipinski definition) is 4. The van der Waals surface area contributed by atoms with Crippen molar-refractivity contribution in [3.8, 4) is 0 Å². The van der Waals surface area contributed by atoms with Crippen LogP contribution in [0, 0.1) is 12.8 Å². The Bertz CT molecular complexity index is 429. The molecule has 5 heteroatoms. The zero-order valence-electron chi connectivity index (χ0n) is 10.7. The molecule has 0 atom stereocenters. The maximum absolute atomic E-state index is 11.6. The van der Waals surface area contributed by atoms with Crippen LogP contribution in [0.1, 0.15) is 24.8 Å². The van der Waals surface area contributed by atoms with Crippen LogP contribution in [0.25, 0.3) is 0 Å². The van der Waals surface area contributed by atoms with Crippen LogP contribution in [0.2, 0.25) is 0 Å². The summed E-state index contributed by atoms with van der Waals surface area (Å²) in [6, 6.07) is 1.88. The molecule has 98 valence electrons. The minimum Gasteiger partial charge on any atom is -0.397 e. The van der Waals surface area contributed by atoms with Crippen molar-refractivity contribution in [2.24, 2.45) is 5.92 Å². The summed E-state index contributed by atoms with van der Waals surface area (Å²) in [6.07, 6.45) is 4.89. The molecule has 1 amide bonds. The molecule has 0 aliphatic heterocycles. The number of hydrogen-bond donors (Lipinski definition) is 3. The molecule has 1 fully saturated rings. The van der Waals surface area contributed by atoms with Gasteiger partial charge in [0.1, 0.15) is 5.82 Å². The summed E-state index contributed by atoms with van der Waals surface area (Å²) in [4.78, 5) is 15.8. The number of carbonyl (C=O) groups is 1. The number of nitrogens with two attached hydrogens (primary N) is 1. The fourth-order valence-corrected chi connectivity index (χ4v) is 1.96. The number of carbonyl (C=O) groups excluding carboxylic acids is 1. The molecule has 1 heterocycles. The number of nitrogen functional groups attached to an aromatic ring is 1. The SMILES string of the molecule is Cc1cc(N)cnc1NCCNC(=O)C1CCC1. The molecular weight excluding hydrogens is 228 g/mol. The zero-order chi connectivity index (χ0) is 13.0. The van der Waals surface area contributed by atoms with Gasteiger partial charge in [-0.3, -0.25) is 4.79 Å². The van der Waals surface area contributed by atoms with Crippen LogP contribution in [0.15, 0.2) is 12.3 Å². The van der Waals surface area contributed by atoms with Crippen molar-refractivity contribution >= 4 is 17.4 Å². The lowest BCUT2D eigenvalue weighted by atomic mass is 9.85. The van der Waals surface area contributed by atoms with Crippen LogP contribution in [-0.2, 0) is 4.79 Å². The third-order valence-electron chi connectivity index (χ3n) is 3.29. The number of aryl methyl sites for hydroxylation is 1. The van der Waals surface area contributed by atoms with Crippen LogP contribution < -0.4 is 16.4 Å². The first-order valence-electron chi connectivity index (χ1n) is 6.40. The average molecular weight is 248 g/mol. The summed E-state index contributed by atoms with van der Waals surface area (Å²) in [5.41, 5.74) is 7.31. The van der Waals surface area contributed by atoms with E-state index >= 15 is 0 Å². The van der Waals surface area contributed by atoms with Gasteiger partial charge in [0.15, 0.2) is 0 Å². The van der Waals surface area contributed by atoms with Crippen LogP contribution in [-0.4, -0.2) is 24.0 Å². The van der Waals surface area contributed by atoms with Gasteiger partial charge >= 0.3 is 0 Å². The van der Waals surface area contributed by atoms with Gasteiger partial charge in [0.2, 0.25) is 5.91 Å². The van der Waals surface area contributed by atoms with Crippen LogP contribution in [0.5, 0.6) is 0 Å². The van der Waals surface area contributed by atoms with E-state index in [-0.39, 0.29) is 11.8 Å². The third kappa shape index (κ3) is 3.12. The maximum Gasteiger partial charge on any atom is 0.223 e. The first-order chi connectivity index (χ1) is 8.66. The summed E-state index contributed by atoms with van der Waals surface area (Å²) in [5, 5.41) is 6.12. The largest absolute Gasteiger partial charge is 0.397 e. The Labute approximate surface area is 107 Å². The van der Waals surface area contributed by atoms with E-state index in [9.17, 15) is 4.79 Å². The summed E-state index contributed by atoms with van der Waals surface area (Å²) in [6.45, 7) is 3.26. The molecule has 1 aliphatic carbocycles. The molecule has 0 spiro atoms. The van der Waals surface area contributed by atoms with Crippen molar-refractivity contribution in [3.05, 3.63) is 17.8 Å². The fourth-order valence-electron chi connectivity index (χ4n) is 1.96. The van der Waals surface area contributed by atoms with E-state index in [1.54, 1.807) is 6.20 Å². The van der Waals surface area contributed by atoms with E-state index in [1.807, 2.05) is 13.0 Å². The summed E-state index contributed by atoms with van der Waals surface area (Å²) >= 11 is 0. The Hall–Kier alpha value is -1.78. The van der Waals surface area contributed by atoms with E-state index in [0.717, 1.165) is 24.2 Å². The Balaban J connectivity index is 1.70. The number of rotatable bonds is 5. The Morgan fingerprint density at radius 1 is 1.50 bits per heavy atom. The summed E-state index contributed by atoms with van der Waals surface area (Å²) in [5.74, 6) is 1.26. The lowest BCUT2D eigenvalue weighted by molar-refractivity contribution is -0.127. The molecular formula is C13H20N4O. The molecule has 0 bridgehead atoms. The van der Waals surface area contributed by atoms with Gasteiger partial charge in [0, 0.05) is 19.0 Å². The number of nitrogens with one attached hydrogen (secondary N) is 2. The number of anilines is 2. The summed E-state index contributed by atoms with van der Waals surface area (Å²) in [7, 11) is 0. The second-order valence-corrected chi connectivity index (χ2v) is 4.78. The minimum atomic E-state index is 0.185. The molecule has 1 saturated carbocycles. The number of amides is 1. The van der Waals surface area contributed by atoms with Crippen molar-refractivity contribution in [1.82, 2.24) is 10.3 Å². The molecule has 0 radical (unpaired) electrons. The molecule has 1 aromatic heterocycles. The van der Waals surface area contributed by atoms with Gasteiger partial charge in [0.05, 0.1) is 11.9 Å². The van der Waals surface area contributed by atoms with Gasteiger partial charge < -0.3 is 16.4 Å². The molecule has 1 aromatic rings. The predicted molar refractivity (Wildman–Crippen MR) is 72.2 cm³/mol. The van der Waals surface area contributed by atoms with Gasteiger partial charge in [-0.2, -0.15) is 0 Å². The van der Waals surface area contributed by atoms with Gasteiger partial charge in [-0.25, -0.2) is 4.98 Å². The minimum absolute atomic E-state index is 0.185. The average Bonchev–Trinajstić information content (AvgIpc) is 2.24. The highest BCUT2D eigenvalue weighted by Crippen LogP contribution is 2.25. The van der Waals surface area contributed by atoms with Gasteiger partial charge in [-0.15, -0.1) is 0 Å². The molecule has 0 unspecified atom stereocenters. The van der Waals surface area contributed by atoms with Crippen molar-refractivity contribution in [2.45, 2.75) is 26.2 Å². The van der Waals surface area contributed by atoms with Crippen molar-refractivity contribution in [2.75, 3.05) is 24.1 Å². The lowest BCUT2D eigenvalue weighted by Gasteiger charge is -2.24. The molecule has 4 N–H and O–H groups in total. The Morgan fingerprint density at radius 2 is 2.28 bits per heavy atom. The topological polar surface area (TPSA) is 80.0 Å². The van der Waals surface area contributed by atoms with E-state index < -0.39 is 0 Å². The van der Waals surface area contributed by atoms with Crippen LogP contribution >= 0.6 is 0 Å². The fraction of sp³-hybridized carbons (Fsp3) is 0.538.